The fourth-order valence-electron chi connectivity index (χ4n) is 3.06. The van der Waals surface area contributed by atoms with Gasteiger partial charge in [-0.2, -0.15) is 0 Å². The van der Waals surface area contributed by atoms with Gasteiger partial charge in [0.05, 0.1) is 5.69 Å². The number of aliphatic imine (C=N–C) groups is 1. The maximum atomic E-state index is 11.8. The van der Waals surface area contributed by atoms with Crippen LogP contribution in [0.15, 0.2) is 35.3 Å². The van der Waals surface area contributed by atoms with Gasteiger partial charge in [-0.05, 0) is 36.8 Å². The molecule has 0 heterocycles. The summed E-state index contributed by atoms with van der Waals surface area (Å²) in [5, 5.41) is 0. The summed E-state index contributed by atoms with van der Waals surface area (Å²) in [6.07, 6.45) is 6.11. The average Bonchev–Trinajstić information content (AvgIpc) is 2.27. The monoisotopic (exact) mass is 227 g/mol. The van der Waals surface area contributed by atoms with E-state index in [2.05, 4.69) is 4.99 Å². The minimum atomic E-state index is 0.295. The van der Waals surface area contributed by atoms with E-state index in [1.54, 1.807) is 0 Å². The van der Waals surface area contributed by atoms with Gasteiger partial charge in [0.2, 0.25) is 0 Å². The van der Waals surface area contributed by atoms with Gasteiger partial charge in [0, 0.05) is 18.6 Å². The average molecular weight is 227 g/mol. The van der Waals surface area contributed by atoms with Crippen LogP contribution >= 0.6 is 0 Å². The number of para-hydroxylation sites is 1. The summed E-state index contributed by atoms with van der Waals surface area (Å²) in [5.74, 6) is 0.380. The molecule has 1 spiro atoms. The highest BCUT2D eigenvalue weighted by molar-refractivity contribution is 6.05. The van der Waals surface area contributed by atoms with Crippen LogP contribution in [0.2, 0.25) is 0 Å². The van der Waals surface area contributed by atoms with E-state index in [-0.39, 0.29) is 0 Å². The van der Waals surface area contributed by atoms with E-state index in [4.69, 9.17) is 0 Å². The van der Waals surface area contributed by atoms with Gasteiger partial charge < -0.3 is 0 Å². The van der Waals surface area contributed by atoms with Crippen molar-refractivity contribution in [2.24, 2.45) is 10.4 Å². The van der Waals surface area contributed by atoms with Crippen LogP contribution in [0.3, 0.4) is 0 Å². The molecule has 2 heteroatoms. The molecule has 0 unspecified atom stereocenters. The van der Waals surface area contributed by atoms with Crippen LogP contribution in [-0.2, 0) is 4.79 Å². The van der Waals surface area contributed by atoms with E-state index in [9.17, 15) is 4.79 Å². The highest BCUT2D eigenvalue weighted by Crippen LogP contribution is 2.50. The Bertz CT molecular complexity index is 457. The lowest BCUT2D eigenvalue weighted by Gasteiger charge is -2.44. The van der Waals surface area contributed by atoms with Crippen molar-refractivity contribution < 1.29 is 4.79 Å². The molecule has 0 aliphatic heterocycles. The van der Waals surface area contributed by atoms with Gasteiger partial charge in [-0.3, -0.25) is 9.79 Å². The number of carbonyl (C=O) groups is 1. The van der Waals surface area contributed by atoms with Crippen LogP contribution in [-0.4, -0.2) is 11.5 Å². The molecule has 17 heavy (non-hydrogen) atoms. The van der Waals surface area contributed by atoms with Crippen molar-refractivity contribution in [3.63, 3.8) is 0 Å². The molecule has 0 bridgehead atoms. The molecule has 0 atom stereocenters. The van der Waals surface area contributed by atoms with E-state index < -0.39 is 0 Å². The predicted octanol–water partition coefficient (Wildman–Crippen LogP) is 3.68. The molecular weight excluding hydrogens is 210 g/mol. The summed E-state index contributed by atoms with van der Waals surface area (Å²) in [7, 11) is 0. The first-order valence-corrected chi connectivity index (χ1v) is 6.39. The summed E-state index contributed by atoms with van der Waals surface area (Å²) >= 11 is 0. The van der Waals surface area contributed by atoms with E-state index in [1.165, 1.54) is 19.3 Å². The molecule has 2 nitrogen and oxygen atoms in total. The van der Waals surface area contributed by atoms with Gasteiger partial charge in [0.15, 0.2) is 0 Å². The second-order valence-electron chi connectivity index (χ2n) is 5.44. The highest BCUT2D eigenvalue weighted by Gasteiger charge is 2.42. The summed E-state index contributed by atoms with van der Waals surface area (Å²) in [6, 6.07) is 9.97. The van der Waals surface area contributed by atoms with Crippen molar-refractivity contribution in [3.05, 3.63) is 30.3 Å². The summed E-state index contributed by atoms with van der Waals surface area (Å²) < 4.78 is 0. The van der Waals surface area contributed by atoms with E-state index >= 15 is 0 Å². The molecule has 2 aliphatic rings. The van der Waals surface area contributed by atoms with Crippen LogP contribution in [0.1, 0.15) is 38.5 Å². The Labute approximate surface area is 102 Å². The minimum absolute atomic E-state index is 0.295. The first-order valence-electron chi connectivity index (χ1n) is 6.39. The largest absolute Gasteiger partial charge is 0.299 e. The molecule has 1 aromatic rings. The van der Waals surface area contributed by atoms with Gasteiger partial charge in [-0.15, -0.1) is 0 Å². The SMILES string of the molecule is O=C1CC(=Nc2ccccc2)CC2(CCC2)C1. The number of Topliss-reactive ketones (excluding diaryl/α,β-unsaturated/α-hetero) is 1. The van der Waals surface area contributed by atoms with Crippen molar-refractivity contribution in [2.45, 2.75) is 38.5 Å². The van der Waals surface area contributed by atoms with Crippen LogP contribution in [0, 0.1) is 5.41 Å². The normalized spacial score (nSPS) is 24.9. The number of ketones is 1. The van der Waals surface area contributed by atoms with Crippen molar-refractivity contribution in [1.29, 1.82) is 0 Å². The van der Waals surface area contributed by atoms with Gasteiger partial charge in [-0.25, -0.2) is 0 Å². The molecule has 3 rings (SSSR count). The lowest BCUT2D eigenvalue weighted by atomic mass is 9.60. The second kappa shape index (κ2) is 4.10. The third-order valence-electron chi connectivity index (χ3n) is 4.01. The highest BCUT2D eigenvalue weighted by atomic mass is 16.1. The van der Waals surface area contributed by atoms with Crippen molar-refractivity contribution in [3.8, 4) is 0 Å². The van der Waals surface area contributed by atoms with Crippen LogP contribution < -0.4 is 0 Å². The molecule has 0 N–H and O–H groups in total. The second-order valence-corrected chi connectivity index (χ2v) is 5.44. The fraction of sp³-hybridized carbons (Fsp3) is 0.467. The minimum Gasteiger partial charge on any atom is -0.299 e. The Morgan fingerprint density at radius 2 is 1.82 bits per heavy atom. The number of nitrogens with zero attached hydrogens (tertiary/aromatic N) is 1. The van der Waals surface area contributed by atoms with Crippen LogP contribution in [0.25, 0.3) is 0 Å². The Hall–Kier alpha value is -1.44. The predicted molar refractivity (Wildman–Crippen MR) is 68.7 cm³/mol. The Balaban J connectivity index is 1.83. The molecule has 0 aromatic heterocycles. The maximum Gasteiger partial charge on any atom is 0.139 e. The number of rotatable bonds is 1. The fourth-order valence-corrected chi connectivity index (χ4v) is 3.06. The smallest absolute Gasteiger partial charge is 0.139 e. The number of hydrogen-bond acceptors (Lipinski definition) is 2. The molecular formula is C15H17NO. The zero-order chi connectivity index (χ0) is 11.7. The molecule has 0 amide bonds. The summed E-state index contributed by atoms with van der Waals surface area (Å²) in [4.78, 5) is 16.4. The van der Waals surface area contributed by atoms with Gasteiger partial charge in [0.25, 0.3) is 0 Å². The molecule has 0 radical (unpaired) electrons. The number of hydrogen-bond donors (Lipinski definition) is 0. The Kier molecular flexibility index (Phi) is 2.58. The lowest BCUT2D eigenvalue weighted by molar-refractivity contribution is -0.122. The zero-order valence-electron chi connectivity index (χ0n) is 9.98. The molecule has 2 aliphatic carbocycles. The van der Waals surface area contributed by atoms with E-state index in [0.717, 1.165) is 24.2 Å². The topological polar surface area (TPSA) is 29.4 Å². The Morgan fingerprint density at radius 1 is 1.06 bits per heavy atom. The van der Waals surface area contributed by atoms with Gasteiger partial charge >= 0.3 is 0 Å². The summed E-state index contributed by atoms with van der Waals surface area (Å²) in [5.41, 5.74) is 2.36. The molecule has 2 fully saturated rings. The van der Waals surface area contributed by atoms with Gasteiger partial charge in [-0.1, -0.05) is 24.6 Å². The van der Waals surface area contributed by atoms with E-state index in [0.29, 0.717) is 17.6 Å². The first-order chi connectivity index (χ1) is 8.26. The number of carbonyl (C=O) groups excluding carboxylic acids is 1. The summed E-state index contributed by atoms with van der Waals surface area (Å²) in [6.45, 7) is 0. The van der Waals surface area contributed by atoms with Gasteiger partial charge in [0.1, 0.15) is 5.78 Å². The Morgan fingerprint density at radius 3 is 2.47 bits per heavy atom. The molecule has 1 aromatic carbocycles. The zero-order valence-corrected chi connectivity index (χ0v) is 9.98. The molecule has 88 valence electrons. The molecule has 2 saturated carbocycles. The van der Waals surface area contributed by atoms with Crippen LogP contribution in [0.5, 0.6) is 0 Å². The standard InChI is InChI=1S/C15H17NO/c17-14-9-13(10-15(11-14)7-4-8-15)16-12-5-2-1-3-6-12/h1-3,5-6H,4,7-11H2. The molecule has 0 saturated heterocycles. The van der Waals surface area contributed by atoms with Crippen molar-refractivity contribution in [2.75, 3.05) is 0 Å². The number of benzene rings is 1. The first kappa shape index (κ1) is 10.7. The maximum absolute atomic E-state index is 11.8. The van der Waals surface area contributed by atoms with Crippen molar-refractivity contribution in [1.82, 2.24) is 0 Å². The van der Waals surface area contributed by atoms with Crippen molar-refractivity contribution >= 4 is 17.2 Å². The lowest BCUT2D eigenvalue weighted by Crippen LogP contribution is -2.39. The third kappa shape index (κ3) is 2.17. The van der Waals surface area contributed by atoms with E-state index in [1.807, 2.05) is 30.3 Å². The van der Waals surface area contributed by atoms with Crippen LogP contribution in [0.4, 0.5) is 5.69 Å². The third-order valence-corrected chi connectivity index (χ3v) is 4.01. The quantitative estimate of drug-likeness (QED) is 0.719.